The first-order chi connectivity index (χ1) is 9.06. The van der Waals surface area contributed by atoms with Crippen LogP contribution in [0.5, 0.6) is 11.5 Å². The van der Waals surface area contributed by atoms with Crippen molar-refractivity contribution in [1.29, 1.82) is 0 Å². The van der Waals surface area contributed by atoms with E-state index in [2.05, 4.69) is 12.2 Å². The van der Waals surface area contributed by atoms with Gasteiger partial charge >= 0.3 is 0 Å². The summed E-state index contributed by atoms with van der Waals surface area (Å²) >= 11 is 0. The molecule has 2 saturated heterocycles. The molecule has 2 aliphatic heterocycles. The number of benzene rings is 1. The third-order valence-corrected chi connectivity index (χ3v) is 4.34. The van der Waals surface area contributed by atoms with Crippen molar-refractivity contribution in [1.82, 2.24) is 10.2 Å². The highest BCUT2D eigenvalue weighted by Gasteiger charge is 2.43. The molecule has 0 aliphatic carbocycles. The van der Waals surface area contributed by atoms with Gasteiger partial charge in [0.15, 0.2) is 0 Å². The van der Waals surface area contributed by atoms with E-state index in [-0.39, 0.29) is 23.4 Å². The quantitative estimate of drug-likeness (QED) is 0.699. The monoisotopic (exact) mass is 262 g/mol. The lowest BCUT2D eigenvalue weighted by Crippen LogP contribution is -2.38. The maximum atomic E-state index is 12.5. The molecule has 5 nitrogen and oxygen atoms in total. The summed E-state index contributed by atoms with van der Waals surface area (Å²) in [5, 5.41) is 22.3. The molecule has 1 aromatic carbocycles. The van der Waals surface area contributed by atoms with Gasteiger partial charge in [-0.05, 0) is 30.9 Å². The summed E-state index contributed by atoms with van der Waals surface area (Å²) in [6.07, 6.45) is 0. The van der Waals surface area contributed by atoms with Crippen LogP contribution in [0.3, 0.4) is 0 Å². The van der Waals surface area contributed by atoms with Crippen LogP contribution in [-0.2, 0) is 0 Å². The van der Waals surface area contributed by atoms with E-state index in [1.165, 1.54) is 18.2 Å². The average Bonchev–Trinajstić information content (AvgIpc) is 2.91. The van der Waals surface area contributed by atoms with Crippen molar-refractivity contribution in [3.8, 4) is 11.5 Å². The van der Waals surface area contributed by atoms with E-state index < -0.39 is 0 Å². The third-order valence-electron chi connectivity index (χ3n) is 4.34. The van der Waals surface area contributed by atoms with Crippen LogP contribution < -0.4 is 5.32 Å². The van der Waals surface area contributed by atoms with E-state index in [9.17, 15) is 15.0 Å². The van der Waals surface area contributed by atoms with Gasteiger partial charge in [-0.3, -0.25) is 4.79 Å². The van der Waals surface area contributed by atoms with Gasteiger partial charge in [0, 0.05) is 37.3 Å². The highest BCUT2D eigenvalue weighted by molar-refractivity contribution is 5.95. The van der Waals surface area contributed by atoms with Crippen molar-refractivity contribution in [2.24, 2.45) is 11.8 Å². The Bertz CT molecular complexity index is 497. The smallest absolute Gasteiger partial charge is 0.254 e. The second-order valence-corrected chi connectivity index (χ2v) is 5.52. The van der Waals surface area contributed by atoms with Crippen LogP contribution in [0.2, 0.25) is 0 Å². The number of carbonyl (C=O) groups is 1. The van der Waals surface area contributed by atoms with E-state index in [4.69, 9.17) is 0 Å². The van der Waals surface area contributed by atoms with Crippen LogP contribution in [0, 0.1) is 11.8 Å². The van der Waals surface area contributed by atoms with E-state index in [0.717, 1.165) is 19.6 Å². The van der Waals surface area contributed by atoms with Gasteiger partial charge in [0.1, 0.15) is 11.5 Å². The largest absolute Gasteiger partial charge is 0.508 e. The molecule has 2 heterocycles. The molecule has 0 saturated carbocycles. The zero-order chi connectivity index (χ0) is 13.6. The molecule has 1 aromatic rings. The number of phenols is 2. The molecule has 0 radical (unpaired) electrons. The molecule has 0 aromatic heterocycles. The van der Waals surface area contributed by atoms with E-state index in [1.54, 1.807) is 0 Å². The lowest BCUT2D eigenvalue weighted by molar-refractivity contribution is 0.0727. The Kier molecular flexibility index (Phi) is 2.86. The topological polar surface area (TPSA) is 72.8 Å². The van der Waals surface area contributed by atoms with Gasteiger partial charge in [0.25, 0.3) is 5.91 Å². The number of phenolic OH excluding ortho intramolecular Hbond substituents is 2. The van der Waals surface area contributed by atoms with Crippen molar-refractivity contribution in [2.75, 3.05) is 19.6 Å². The highest BCUT2D eigenvalue weighted by Crippen LogP contribution is 2.34. The van der Waals surface area contributed by atoms with Crippen molar-refractivity contribution in [3.05, 3.63) is 23.8 Å². The lowest BCUT2D eigenvalue weighted by atomic mass is 9.95. The fourth-order valence-electron chi connectivity index (χ4n) is 3.32. The van der Waals surface area contributed by atoms with Gasteiger partial charge in [0.05, 0.1) is 0 Å². The zero-order valence-corrected chi connectivity index (χ0v) is 10.8. The van der Waals surface area contributed by atoms with Crippen LogP contribution >= 0.6 is 0 Å². The van der Waals surface area contributed by atoms with Gasteiger partial charge in [-0.25, -0.2) is 0 Å². The number of nitrogens with zero attached hydrogens (tertiary/aromatic N) is 1. The summed E-state index contributed by atoms with van der Waals surface area (Å²) < 4.78 is 0. The molecule has 3 rings (SSSR count). The number of aromatic hydroxyl groups is 2. The molecule has 0 spiro atoms. The van der Waals surface area contributed by atoms with Gasteiger partial charge in [-0.2, -0.15) is 0 Å². The third kappa shape index (κ3) is 2.04. The van der Waals surface area contributed by atoms with Crippen LogP contribution in [0.15, 0.2) is 18.2 Å². The first-order valence-corrected chi connectivity index (χ1v) is 6.61. The number of amides is 1. The van der Waals surface area contributed by atoms with Gasteiger partial charge in [-0.1, -0.05) is 0 Å². The Morgan fingerprint density at radius 3 is 2.58 bits per heavy atom. The second-order valence-electron chi connectivity index (χ2n) is 5.52. The number of carbonyl (C=O) groups excluding carboxylic acids is 1. The average molecular weight is 262 g/mol. The SMILES string of the molecule is CC1C2CNCC2CN1C(=O)c1cc(O)cc(O)c1. The maximum absolute atomic E-state index is 12.5. The summed E-state index contributed by atoms with van der Waals surface area (Å²) in [6.45, 7) is 4.73. The molecule has 3 unspecified atom stereocenters. The molecule has 102 valence electrons. The van der Waals surface area contributed by atoms with Gasteiger partial charge in [-0.15, -0.1) is 0 Å². The fraction of sp³-hybridized carbons (Fsp3) is 0.500. The Morgan fingerprint density at radius 1 is 1.26 bits per heavy atom. The Morgan fingerprint density at radius 2 is 1.95 bits per heavy atom. The normalized spacial score (nSPS) is 29.5. The number of hydrogen-bond donors (Lipinski definition) is 3. The van der Waals surface area contributed by atoms with Crippen molar-refractivity contribution >= 4 is 5.91 Å². The minimum atomic E-state index is -0.117. The van der Waals surface area contributed by atoms with Crippen LogP contribution in [0.25, 0.3) is 0 Å². The lowest BCUT2D eigenvalue weighted by Gasteiger charge is -2.24. The van der Waals surface area contributed by atoms with E-state index in [1.807, 2.05) is 4.90 Å². The number of nitrogens with one attached hydrogen (secondary N) is 1. The Hall–Kier alpha value is -1.75. The standard InChI is InChI=1S/C14H18N2O3/c1-8-13-6-15-5-10(13)7-16(8)14(19)9-2-11(17)4-12(18)3-9/h2-4,8,10,13,15,17-18H,5-7H2,1H3. The fourth-order valence-corrected chi connectivity index (χ4v) is 3.32. The molecule has 3 N–H and O–H groups in total. The van der Waals surface area contributed by atoms with Crippen molar-refractivity contribution < 1.29 is 15.0 Å². The molecule has 5 heteroatoms. The Balaban J connectivity index is 1.84. The zero-order valence-electron chi connectivity index (χ0n) is 10.8. The second kappa shape index (κ2) is 4.42. The molecule has 19 heavy (non-hydrogen) atoms. The molecular weight excluding hydrogens is 244 g/mol. The van der Waals surface area contributed by atoms with Crippen LogP contribution in [-0.4, -0.2) is 46.7 Å². The van der Waals surface area contributed by atoms with E-state index >= 15 is 0 Å². The van der Waals surface area contributed by atoms with Gasteiger partial charge < -0.3 is 20.4 Å². The predicted molar refractivity (Wildman–Crippen MR) is 70.1 cm³/mol. The summed E-state index contributed by atoms with van der Waals surface area (Å²) in [5.41, 5.74) is 0.345. The first-order valence-electron chi connectivity index (χ1n) is 6.61. The minimum Gasteiger partial charge on any atom is -0.508 e. The summed E-state index contributed by atoms with van der Waals surface area (Å²) in [4.78, 5) is 14.3. The van der Waals surface area contributed by atoms with Crippen LogP contribution in [0.4, 0.5) is 0 Å². The first kappa shape index (κ1) is 12.3. The molecule has 2 aliphatic rings. The summed E-state index contributed by atoms with van der Waals surface area (Å²) in [7, 11) is 0. The molecule has 1 amide bonds. The number of likely N-dealkylation sites (tertiary alicyclic amines) is 1. The molecule has 2 fully saturated rings. The number of rotatable bonds is 1. The van der Waals surface area contributed by atoms with E-state index in [0.29, 0.717) is 17.4 Å². The summed E-state index contributed by atoms with van der Waals surface area (Å²) in [5.74, 6) is 0.738. The molecule has 0 bridgehead atoms. The van der Waals surface area contributed by atoms with Crippen molar-refractivity contribution in [2.45, 2.75) is 13.0 Å². The highest BCUT2D eigenvalue weighted by atomic mass is 16.3. The summed E-state index contributed by atoms with van der Waals surface area (Å²) in [6, 6.07) is 4.22. The van der Waals surface area contributed by atoms with Crippen molar-refractivity contribution in [3.63, 3.8) is 0 Å². The Labute approximate surface area is 111 Å². The minimum absolute atomic E-state index is 0.0861. The molecule has 3 atom stereocenters. The predicted octanol–water partition coefficient (Wildman–Crippen LogP) is 0.778. The van der Waals surface area contributed by atoms with Gasteiger partial charge in [0.2, 0.25) is 0 Å². The number of hydrogen-bond acceptors (Lipinski definition) is 4. The number of fused-ring (bicyclic) bond motifs is 1. The van der Waals surface area contributed by atoms with Crippen LogP contribution in [0.1, 0.15) is 17.3 Å². The maximum Gasteiger partial charge on any atom is 0.254 e. The molecular formula is C14H18N2O3.